The molecule has 114 valence electrons. The number of carboxylic acids is 1. The Morgan fingerprint density at radius 3 is 2.10 bits per heavy atom. The number of ether oxygens (including phenoxy) is 1. The first-order valence-corrected chi connectivity index (χ1v) is 6.86. The van der Waals surface area contributed by atoms with Crippen LogP contribution in [0.4, 0.5) is 0 Å². The van der Waals surface area contributed by atoms with E-state index in [1.807, 2.05) is 6.92 Å². The summed E-state index contributed by atoms with van der Waals surface area (Å²) in [5.74, 6) is -2.12. The van der Waals surface area contributed by atoms with E-state index in [4.69, 9.17) is 9.84 Å². The number of rotatable bonds is 12. The molecule has 0 unspecified atom stereocenters. The number of carboxylic acid groups (broad SMARTS) is 1. The first-order chi connectivity index (χ1) is 9.45. The number of ketones is 2. The quantitative estimate of drug-likeness (QED) is 0.334. The summed E-state index contributed by atoms with van der Waals surface area (Å²) in [7, 11) is 0. The fourth-order valence-electron chi connectivity index (χ4n) is 1.54. The van der Waals surface area contributed by atoms with Gasteiger partial charge < -0.3 is 9.84 Å². The molecule has 0 aliphatic heterocycles. The second kappa shape index (κ2) is 11.1. The Hall–Kier alpha value is -1.72. The fourth-order valence-corrected chi connectivity index (χ4v) is 1.54. The summed E-state index contributed by atoms with van der Waals surface area (Å²) < 4.78 is 4.87. The van der Waals surface area contributed by atoms with Gasteiger partial charge in [-0.1, -0.05) is 13.3 Å². The molecule has 0 fully saturated rings. The third-order valence-corrected chi connectivity index (χ3v) is 2.61. The van der Waals surface area contributed by atoms with E-state index in [0.717, 1.165) is 12.8 Å². The van der Waals surface area contributed by atoms with Crippen LogP contribution in [-0.2, 0) is 23.9 Å². The van der Waals surface area contributed by atoms with E-state index < -0.39 is 18.4 Å². The van der Waals surface area contributed by atoms with Crippen molar-refractivity contribution in [3.05, 3.63) is 0 Å². The molecule has 0 aromatic carbocycles. The Balaban J connectivity index is 3.55. The second-order valence-electron chi connectivity index (χ2n) is 4.61. The van der Waals surface area contributed by atoms with Crippen LogP contribution in [0.25, 0.3) is 0 Å². The van der Waals surface area contributed by atoms with Gasteiger partial charge in [0.15, 0.2) is 0 Å². The maximum atomic E-state index is 11.3. The molecule has 6 nitrogen and oxygen atoms in total. The van der Waals surface area contributed by atoms with Gasteiger partial charge in [0.05, 0.1) is 6.61 Å². The van der Waals surface area contributed by atoms with Crippen LogP contribution < -0.4 is 0 Å². The molecule has 0 heterocycles. The van der Waals surface area contributed by atoms with Gasteiger partial charge in [-0.05, 0) is 19.3 Å². The number of hydrogen-bond donors (Lipinski definition) is 1. The number of Topliss-reactive ketones (excluding diaryl/α,β-unsaturated/α-hetero) is 2. The summed E-state index contributed by atoms with van der Waals surface area (Å²) in [6.07, 6.45) is 2.55. The van der Waals surface area contributed by atoms with Crippen molar-refractivity contribution in [2.24, 2.45) is 0 Å². The van der Waals surface area contributed by atoms with Gasteiger partial charge in [0.25, 0.3) is 0 Å². The molecular formula is C14H22O6. The van der Waals surface area contributed by atoms with Crippen molar-refractivity contribution in [1.29, 1.82) is 0 Å². The summed E-state index contributed by atoms with van der Waals surface area (Å²) in [5, 5.41) is 8.38. The minimum Gasteiger partial charge on any atom is -0.481 e. The number of carbonyl (C=O) groups excluding carboxylic acids is 3. The summed E-state index contributed by atoms with van der Waals surface area (Å²) in [6, 6.07) is 0. The Morgan fingerprint density at radius 1 is 0.900 bits per heavy atom. The first kappa shape index (κ1) is 18.3. The largest absolute Gasteiger partial charge is 0.481 e. The monoisotopic (exact) mass is 286 g/mol. The molecule has 0 aromatic rings. The Bertz CT molecular complexity index is 348. The molecule has 0 aliphatic carbocycles. The van der Waals surface area contributed by atoms with Crippen LogP contribution in [0.2, 0.25) is 0 Å². The van der Waals surface area contributed by atoms with Crippen molar-refractivity contribution in [3.63, 3.8) is 0 Å². The number of esters is 1. The molecule has 1 N–H and O–H groups in total. The zero-order valence-electron chi connectivity index (χ0n) is 11.9. The predicted molar refractivity (Wildman–Crippen MR) is 71.2 cm³/mol. The van der Waals surface area contributed by atoms with Gasteiger partial charge in [-0.2, -0.15) is 0 Å². The van der Waals surface area contributed by atoms with Crippen molar-refractivity contribution in [3.8, 4) is 0 Å². The third kappa shape index (κ3) is 11.4. The van der Waals surface area contributed by atoms with Gasteiger partial charge in [-0.3, -0.25) is 19.2 Å². The lowest BCUT2D eigenvalue weighted by Gasteiger charge is -2.04. The van der Waals surface area contributed by atoms with Crippen LogP contribution in [0, 0.1) is 0 Å². The van der Waals surface area contributed by atoms with Gasteiger partial charge in [0.1, 0.15) is 24.4 Å². The summed E-state index contributed by atoms with van der Waals surface area (Å²) in [6.45, 7) is 2.12. The molecule has 0 atom stereocenters. The molecule has 0 aromatic heterocycles. The van der Waals surface area contributed by atoms with Crippen molar-refractivity contribution < 1.29 is 29.0 Å². The van der Waals surface area contributed by atoms with Crippen molar-refractivity contribution in [1.82, 2.24) is 0 Å². The molecule has 20 heavy (non-hydrogen) atoms. The maximum absolute atomic E-state index is 11.3. The van der Waals surface area contributed by atoms with Crippen LogP contribution in [0.15, 0.2) is 0 Å². The average molecular weight is 286 g/mol. The smallest absolute Gasteiger partial charge is 0.313 e. The highest BCUT2D eigenvalue weighted by Gasteiger charge is 2.10. The first-order valence-electron chi connectivity index (χ1n) is 6.86. The molecule has 0 radical (unpaired) electrons. The van der Waals surface area contributed by atoms with E-state index in [1.165, 1.54) is 0 Å². The van der Waals surface area contributed by atoms with Crippen LogP contribution >= 0.6 is 0 Å². The summed E-state index contributed by atoms with van der Waals surface area (Å²) >= 11 is 0. The zero-order chi connectivity index (χ0) is 15.4. The molecule has 0 amide bonds. The van der Waals surface area contributed by atoms with E-state index in [2.05, 4.69) is 0 Å². The topological polar surface area (TPSA) is 97.7 Å². The molecule has 0 spiro atoms. The van der Waals surface area contributed by atoms with Gasteiger partial charge in [-0.15, -0.1) is 0 Å². The van der Waals surface area contributed by atoms with E-state index in [1.54, 1.807) is 0 Å². The number of carbonyl (C=O) groups is 4. The van der Waals surface area contributed by atoms with Gasteiger partial charge in [0.2, 0.25) is 0 Å². The van der Waals surface area contributed by atoms with Gasteiger partial charge >= 0.3 is 11.9 Å². The highest BCUT2D eigenvalue weighted by Crippen LogP contribution is 2.03. The standard InChI is InChI=1S/C14H22O6/c1-2-3-6-12(16)10-14(19)20-8-5-4-7-11(15)9-13(17)18/h2-10H2,1H3,(H,17,18). The number of unbranched alkanes of at least 4 members (excludes halogenated alkanes) is 2. The van der Waals surface area contributed by atoms with Crippen molar-refractivity contribution in [2.75, 3.05) is 6.61 Å². The summed E-state index contributed by atoms with van der Waals surface area (Å²) in [5.41, 5.74) is 0. The van der Waals surface area contributed by atoms with E-state index in [-0.39, 0.29) is 31.0 Å². The third-order valence-electron chi connectivity index (χ3n) is 2.61. The molecule has 0 aliphatic rings. The SMILES string of the molecule is CCCCC(=O)CC(=O)OCCCCC(=O)CC(=O)O. The highest BCUT2D eigenvalue weighted by molar-refractivity contribution is 5.95. The van der Waals surface area contributed by atoms with E-state index >= 15 is 0 Å². The minimum atomic E-state index is -1.13. The van der Waals surface area contributed by atoms with Crippen LogP contribution in [0.5, 0.6) is 0 Å². The lowest BCUT2D eigenvalue weighted by Crippen LogP contribution is -2.12. The lowest BCUT2D eigenvalue weighted by atomic mass is 10.1. The molecule has 0 saturated heterocycles. The second-order valence-corrected chi connectivity index (χ2v) is 4.61. The molecule has 0 rings (SSSR count). The zero-order valence-corrected chi connectivity index (χ0v) is 11.9. The van der Waals surface area contributed by atoms with Crippen molar-refractivity contribution >= 4 is 23.5 Å². The van der Waals surface area contributed by atoms with Crippen LogP contribution in [-0.4, -0.2) is 35.2 Å². The average Bonchev–Trinajstić information content (AvgIpc) is 2.34. The maximum Gasteiger partial charge on any atom is 0.313 e. The Labute approximate surface area is 118 Å². The van der Waals surface area contributed by atoms with E-state index in [9.17, 15) is 19.2 Å². The Kier molecular flexibility index (Phi) is 10.2. The molecule has 6 heteroatoms. The molecular weight excluding hydrogens is 264 g/mol. The molecule has 0 saturated carbocycles. The van der Waals surface area contributed by atoms with E-state index in [0.29, 0.717) is 19.3 Å². The lowest BCUT2D eigenvalue weighted by molar-refractivity contribution is -0.146. The minimum absolute atomic E-state index is 0.117. The van der Waals surface area contributed by atoms with Gasteiger partial charge in [0, 0.05) is 12.8 Å². The number of aliphatic carboxylic acids is 1. The van der Waals surface area contributed by atoms with Gasteiger partial charge in [-0.25, -0.2) is 0 Å². The Morgan fingerprint density at radius 2 is 1.50 bits per heavy atom. The fraction of sp³-hybridized carbons (Fsp3) is 0.714. The van der Waals surface area contributed by atoms with Crippen LogP contribution in [0.1, 0.15) is 58.3 Å². The highest BCUT2D eigenvalue weighted by atomic mass is 16.5. The molecule has 0 bridgehead atoms. The van der Waals surface area contributed by atoms with Crippen LogP contribution in [0.3, 0.4) is 0 Å². The summed E-state index contributed by atoms with van der Waals surface area (Å²) in [4.78, 5) is 43.9. The normalized spacial score (nSPS) is 10.1. The predicted octanol–water partition coefficient (Wildman–Crippen LogP) is 1.89. The van der Waals surface area contributed by atoms with Crippen molar-refractivity contribution in [2.45, 2.75) is 58.3 Å². The number of hydrogen-bond acceptors (Lipinski definition) is 5.